The molecule has 0 bridgehead atoms. The highest BCUT2D eigenvalue weighted by Gasteiger charge is 2.39. The van der Waals surface area contributed by atoms with Crippen molar-refractivity contribution in [2.45, 2.75) is 6.18 Å². The van der Waals surface area contributed by atoms with E-state index in [-0.39, 0.29) is 13.1 Å². The van der Waals surface area contributed by atoms with E-state index < -0.39 is 38.6 Å². The number of nitrogens with zero attached hydrogens (tertiary/aromatic N) is 4. The molecule has 1 aromatic rings. The predicted octanol–water partition coefficient (Wildman–Crippen LogP) is 1.95. The van der Waals surface area contributed by atoms with Gasteiger partial charge in [0.25, 0.3) is 11.4 Å². The second-order valence-electron chi connectivity index (χ2n) is 4.53. The maximum Gasteiger partial charge on any atom is 0.416 e. The third-order valence-corrected chi connectivity index (χ3v) is 3.16. The third-order valence-electron chi connectivity index (χ3n) is 3.16. The Morgan fingerprint density at radius 3 is 1.86 bits per heavy atom. The summed E-state index contributed by atoms with van der Waals surface area (Å²) in [7, 11) is 0. The monoisotopic (exact) mass is 319 g/mol. The van der Waals surface area contributed by atoms with Gasteiger partial charge < -0.3 is 4.90 Å². The van der Waals surface area contributed by atoms with Crippen LogP contribution in [0.15, 0.2) is 12.1 Å². The van der Waals surface area contributed by atoms with Crippen LogP contribution in [-0.4, -0.2) is 36.0 Å². The number of benzene rings is 1. The zero-order valence-corrected chi connectivity index (χ0v) is 11.0. The molecule has 119 valence electrons. The predicted molar refractivity (Wildman–Crippen MR) is 68.8 cm³/mol. The highest BCUT2D eigenvalue weighted by Crippen LogP contribution is 2.43. The van der Waals surface area contributed by atoms with Gasteiger partial charge in [-0.2, -0.15) is 13.2 Å². The zero-order valence-electron chi connectivity index (χ0n) is 11.0. The van der Waals surface area contributed by atoms with Crippen LogP contribution >= 0.6 is 0 Å². The van der Waals surface area contributed by atoms with Gasteiger partial charge in [-0.15, -0.1) is 0 Å². The highest BCUT2D eigenvalue weighted by molar-refractivity contribution is 5.76. The van der Waals surface area contributed by atoms with Gasteiger partial charge in [0.15, 0.2) is 5.69 Å². The third kappa shape index (κ3) is 3.08. The number of hydrogen-bond donors (Lipinski definition) is 0. The number of nitro groups is 2. The van der Waals surface area contributed by atoms with Crippen LogP contribution in [0.4, 0.5) is 30.2 Å². The average molecular weight is 319 g/mol. The standard InChI is InChI=1S/C11H10F3N4O4/c12-11(13,14)7-5-8(17(19)20)10(9(6-7)18(21)22)16-3-1-15-2-4-16/h5-6H,1-4H2. The summed E-state index contributed by atoms with van der Waals surface area (Å²) >= 11 is 0. The first kappa shape index (κ1) is 15.9. The molecule has 0 amide bonds. The maximum absolute atomic E-state index is 12.8. The number of piperazine rings is 1. The molecule has 1 saturated heterocycles. The normalized spacial score (nSPS) is 15.7. The lowest BCUT2D eigenvalue weighted by atomic mass is 10.1. The number of alkyl halides is 3. The maximum atomic E-state index is 12.8. The summed E-state index contributed by atoms with van der Waals surface area (Å²) in [5.74, 6) is 0. The molecule has 22 heavy (non-hydrogen) atoms. The highest BCUT2D eigenvalue weighted by atomic mass is 19.4. The smallest absolute Gasteiger partial charge is 0.358 e. The van der Waals surface area contributed by atoms with Gasteiger partial charge >= 0.3 is 6.18 Å². The van der Waals surface area contributed by atoms with E-state index in [1.807, 2.05) is 0 Å². The van der Waals surface area contributed by atoms with Crippen LogP contribution in [-0.2, 0) is 6.18 Å². The van der Waals surface area contributed by atoms with E-state index in [1.165, 1.54) is 4.90 Å². The van der Waals surface area contributed by atoms with Crippen molar-refractivity contribution in [1.29, 1.82) is 0 Å². The number of nitro benzene ring substituents is 2. The largest absolute Gasteiger partial charge is 0.416 e. The van der Waals surface area contributed by atoms with Crippen LogP contribution in [0.1, 0.15) is 5.56 Å². The molecule has 1 radical (unpaired) electrons. The Balaban J connectivity index is 2.67. The second-order valence-corrected chi connectivity index (χ2v) is 4.53. The van der Waals surface area contributed by atoms with Gasteiger partial charge in [-0.25, -0.2) is 5.32 Å². The first-order valence-corrected chi connectivity index (χ1v) is 6.14. The fourth-order valence-corrected chi connectivity index (χ4v) is 2.20. The van der Waals surface area contributed by atoms with Gasteiger partial charge in [-0.3, -0.25) is 20.2 Å². The fraction of sp³-hybridized carbons (Fsp3) is 0.455. The molecular weight excluding hydrogens is 309 g/mol. The lowest BCUT2D eigenvalue weighted by Crippen LogP contribution is -2.40. The SMILES string of the molecule is O=[N+]([O-])c1cc(C(F)(F)F)cc([N+](=O)[O-])c1N1CC[N]CC1. The van der Waals surface area contributed by atoms with Crippen molar-refractivity contribution < 1.29 is 23.0 Å². The molecule has 11 heteroatoms. The molecule has 0 spiro atoms. The van der Waals surface area contributed by atoms with E-state index in [2.05, 4.69) is 5.32 Å². The zero-order chi connectivity index (χ0) is 16.5. The summed E-state index contributed by atoms with van der Waals surface area (Å²) in [6.45, 7) is 0.949. The van der Waals surface area contributed by atoms with Crippen molar-refractivity contribution in [3.63, 3.8) is 0 Å². The topological polar surface area (TPSA) is 104 Å². The number of halogens is 3. The van der Waals surface area contributed by atoms with Crippen LogP contribution in [0, 0.1) is 20.2 Å². The van der Waals surface area contributed by atoms with E-state index in [4.69, 9.17) is 0 Å². The summed E-state index contributed by atoms with van der Waals surface area (Å²) in [6.07, 6.45) is -4.91. The van der Waals surface area contributed by atoms with E-state index in [0.717, 1.165) is 0 Å². The number of rotatable bonds is 3. The Bertz CT molecular complexity index is 579. The van der Waals surface area contributed by atoms with Gasteiger partial charge in [0.1, 0.15) is 0 Å². The average Bonchev–Trinajstić information content (AvgIpc) is 2.45. The lowest BCUT2D eigenvalue weighted by Gasteiger charge is -2.28. The molecule has 8 nitrogen and oxygen atoms in total. The molecule has 0 atom stereocenters. The van der Waals surface area contributed by atoms with Crippen LogP contribution < -0.4 is 10.2 Å². The molecule has 0 aliphatic carbocycles. The Kier molecular flexibility index (Phi) is 4.17. The van der Waals surface area contributed by atoms with E-state index in [9.17, 15) is 33.4 Å². The molecule has 2 rings (SSSR count). The van der Waals surface area contributed by atoms with Crippen LogP contribution in [0.2, 0.25) is 0 Å². The minimum atomic E-state index is -4.91. The van der Waals surface area contributed by atoms with E-state index >= 15 is 0 Å². The van der Waals surface area contributed by atoms with Crippen molar-refractivity contribution in [2.24, 2.45) is 0 Å². The van der Waals surface area contributed by atoms with Crippen LogP contribution in [0.25, 0.3) is 0 Å². The molecule has 1 aromatic carbocycles. The molecule has 1 aliphatic rings. The van der Waals surface area contributed by atoms with Crippen molar-refractivity contribution in [2.75, 3.05) is 31.1 Å². The van der Waals surface area contributed by atoms with Crippen LogP contribution in [0.3, 0.4) is 0 Å². The van der Waals surface area contributed by atoms with Crippen LogP contribution in [0.5, 0.6) is 0 Å². The molecule has 0 unspecified atom stereocenters. The second kappa shape index (κ2) is 5.75. The molecule has 0 N–H and O–H groups in total. The quantitative estimate of drug-likeness (QED) is 0.625. The van der Waals surface area contributed by atoms with E-state index in [1.54, 1.807) is 0 Å². The summed E-state index contributed by atoms with van der Waals surface area (Å²) in [6, 6.07) is 0.655. The summed E-state index contributed by atoms with van der Waals surface area (Å²) in [5, 5.41) is 26.2. The van der Waals surface area contributed by atoms with Gasteiger partial charge in [0, 0.05) is 38.3 Å². The summed E-state index contributed by atoms with van der Waals surface area (Å²) in [4.78, 5) is 21.4. The molecule has 0 saturated carbocycles. The van der Waals surface area contributed by atoms with Gasteiger partial charge in [0.2, 0.25) is 0 Å². The molecule has 1 fully saturated rings. The van der Waals surface area contributed by atoms with Gasteiger partial charge in [-0.1, -0.05) is 0 Å². The minimum Gasteiger partial charge on any atom is -0.358 e. The molecule has 1 heterocycles. The number of anilines is 1. The van der Waals surface area contributed by atoms with Crippen molar-refractivity contribution >= 4 is 17.1 Å². The number of hydrogen-bond acceptors (Lipinski definition) is 5. The Morgan fingerprint density at radius 1 is 1.05 bits per heavy atom. The first-order valence-electron chi connectivity index (χ1n) is 6.14. The molecule has 0 aromatic heterocycles. The minimum absolute atomic E-state index is 0.174. The van der Waals surface area contributed by atoms with E-state index in [0.29, 0.717) is 25.2 Å². The summed E-state index contributed by atoms with van der Waals surface area (Å²) < 4.78 is 38.3. The van der Waals surface area contributed by atoms with Gasteiger partial charge in [-0.05, 0) is 0 Å². The van der Waals surface area contributed by atoms with Gasteiger partial charge in [0.05, 0.1) is 15.4 Å². The summed E-state index contributed by atoms with van der Waals surface area (Å²) in [5.41, 5.74) is -3.68. The fourth-order valence-electron chi connectivity index (χ4n) is 2.20. The molecular formula is C11H10F3N4O4. The Labute approximate surface area is 121 Å². The first-order chi connectivity index (χ1) is 10.2. The Hall–Kier alpha value is -2.43. The lowest BCUT2D eigenvalue weighted by molar-refractivity contribution is -0.393. The van der Waals surface area contributed by atoms with Crippen molar-refractivity contribution in [3.8, 4) is 0 Å². The molecule has 1 aliphatic heterocycles. The van der Waals surface area contributed by atoms with Crippen molar-refractivity contribution in [3.05, 3.63) is 37.9 Å². The Morgan fingerprint density at radius 2 is 1.50 bits per heavy atom. The van der Waals surface area contributed by atoms with Crippen molar-refractivity contribution in [1.82, 2.24) is 5.32 Å².